The van der Waals surface area contributed by atoms with E-state index in [0.717, 1.165) is 6.26 Å². The van der Waals surface area contributed by atoms with Gasteiger partial charge in [0.05, 0.1) is 0 Å². The predicted octanol–water partition coefficient (Wildman–Crippen LogP) is 1.68. The smallest absolute Gasteiger partial charge is 0.243 e. The van der Waals surface area contributed by atoms with E-state index in [2.05, 4.69) is 0 Å². The Balaban J connectivity index is 2.94. The van der Waals surface area contributed by atoms with Crippen molar-refractivity contribution >= 4 is 27.3 Å². The summed E-state index contributed by atoms with van der Waals surface area (Å²) < 4.78 is 22.0. The first kappa shape index (κ1) is 15.8. The molecule has 1 saturated heterocycles. The van der Waals surface area contributed by atoms with Crippen molar-refractivity contribution < 1.29 is 13.2 Å². The van der Waals surface area contributed by atoms with Crippen LogP contribution in [0.25, 0.3) is 0 Å². The van der Waals surface area contributed by atoms with Crippen LogP contribution in [0.3, 0.4) is 0 Å². The van der Waals surface area contributed by atoms with E-state index in [9.17, 15) is 13.2 Å². The summed E-state index contributed by atoms with van der Waals surface area (Å²) in [6.07, 6.45) is 1.80. The fourth-order valence-corrected chi connectivity index (χ4v) is 2.66. The molecule has 1 unspecified atom stereocenters. The largest absolute Gasteiger partial charge is 0.341 e. The van der Waals surface area contributed by atoms with Crippen LogP contribution in [0.2, 0.25) is 0 Å². The third-order valence-electron chi connectivity index (χ3n) is 3.83. The van der Waals surface area contributed by atoms with E-state index < -0.39 is 14.6 Å². The van der Waals surface area contributed by atoms with Gasteiger partial charge in [-0.05, 0) is 25.7 Å². The maximum Gasteiger partial charge on any atom is 0.243 e. The number of piperidine rings is 1. The monoisotopic (exact) mass is 295 g/mol. The number of sulfone groups is 1. The molecule has 18 heavy (non-hydrogen) atoms. The van der Waals surface area contributed by atoms with Crippen molar-refractivity contribution in [3.63, 3.8) is 0 Å². The number of hydrogen-bond acceptors (Lipinski definition) is 3. The van der Waals surface area contributed by atoms with Crippen molar-refractivity contribution in [2.45, 2.75) is 44.2 Å². The lowest BCUT2D eigenvalue weighted by Crippen LogP contribution is -2.56. The highest BCUT2D eigenvalue weighted by molar-refractivity contribution is 7.92. The number of carbonyl (C=O) groups excluding carboxylic acids is 1. The second-order valence-corrected chi connectivity index (χ2v) is 9.35. The van der Waals surface area contributed by atoms with Crippen molar-refractivity contribution in [2.75, 3.05) is 19.3 Å². The van der Waals surface area contributed by atoms with Gasteiger partial charge < -0.3 is 4.90 Å². The molecule has 106 valence electrons. The van der Waals surface area contributed by atoms with Gasteiger partial charge in [0.25, 0.3) is 0 Å². The van der Waals surface area contributed by atoms with Gasteiger partial charge in [-0.2, -0.15) is 0 Å². The number of hydrogen-bond donors (Lipinski definition) is 0. The van der Waals surface area contributed by atoms with Crippen LogP contribution >= 0.6 is 11.6 Å². The van der Waals surface area contributed by atoms with Crippen molar-refractivity contribution in [3.8, 4) is 0 Å². The molecule has 1 aliphatic heterocycles. The molecule has 0 saturated carbocycles. The van der Waals surface area contributed by atoms with Gasteiger partial charge in [0.2, 0.25) is 5.91 Å². The lowest BCUT2D eigenvalue weighted by atomic mass is 9.83. The van der Waals surface area contributed by atoms with Gasteiger partial charge in [-0.3, -0.25) is 4.79 Å². The van der Waals surface area contributed by atoms with Gasteiger partial charge >= 0.3 is 0 Å². The number of likely N-dealkylation sites (tertiary alicyclic amines) is 1. The molecule has 0 aromatic heterocycles. The van der Waals surface area contributed by atoms with Gasteiger partial charge in [0.15, 0.2) is 9.84 Å². The Morgan fingerprint density at radius 2 is 1.89 bits per heavy atom. The Morgan fingerprint density at radius 1 is 1.39 bits per heavy atom. The zero-order chi connectivity index (χ0) is 14.4. The van der Waals surface area contributed by atoms with E-state index in [0.29, 0.717) is 19.5 Å². The van der Waals surface area contributed by atoms with Crippen LogP contribution in [0.15, 0.2) is 0 Å². The minimum Gasteiger partial charge on any atom is -0.341 e. The molecule has 1 amide bonds. The summed E-state index contributed by atoms with van der Waals surface area (Å²) in [6.45, 7) is 7.94. The Hall–Kier alpha value is -0.290. The molecule has 1 rings (SSSR count). The summed E-state index contributed by atoms with van der Waals surface area (Å²) >= 11 is 6.23. The lowest BCUT2D eigenvalue weighted by Gasteiger charge is -2.43. The Bertz CT molecular complexity index is 442. The maximum absolute atomic E-state index is 12.4. The first-order chi connectivity index (χ1) is 7.89. The van der Waals surface area contributed by atoms with Crippen LogP contribution < -0.4 is 0 Å². The zero-order valence-corrected chi connectivity index (χ0v) is 13.2. The number of alkyl halides is 1. The van der Waals surface area contributed by atoms with Gasteiger partial charge in [0, 0.05) is 24.7 Å². The molecule has 1 aliphatic rings. The van der Waals surface area contributed by atoms with Crippen molar-refractivity contribution in [3.05, 3.63) is 0 Å². The molecule has 0 spiro atoms. The highest BCUT2D eigenvalue weighted by atomic mass is 35.5. The van der Waals surface area contributed by atoms with Gasteiger partial charge in [-0.15, -0.1) is 11.6 Å². The first-order valence-electron chi connectivity index (χ1n) is 6.02. The molecule has 0 aromatic rings. The van der Waals surface area contributed by atoms with Gasteiger partial charge in [-0.1, -0.05) is 13.8 Å². The van der Waals surface area contributed by atoms with E-state index in [4.69, 9.17) is 11.6 Å². The molecule has 6 heteroatoms. The summed E-state index contributed by atoms with van der Waals surface area (Å²) in [4.78, 5) is 14.0. The number of halogens is 1. The topological polar surface area (TPSA) is 54.5 Å². The van der Waals surface area contributed by atoms with Gasteiger partial charge in [0.1, 0.15) is 4.75 Å². The van der Waals surface area contributed by atoms with E-state index in [-0.39, 0.29) is 16.7 Å². The van der Waals surface area contributed by atoms with Crippen LogP contribution in [0.1, 0.15) is 34.1 Å². The number of carbonyl (C=O) groups is 1. The standard InChI is InChI=1S/C12H22ClNO3S/c1-11(2)8-14(7-6-9(11)13)10(15)12(3,4)18(5,16)17/h9H,6-8H2,1-5H3. The SMILES string of the molecule is CC1(C)CN(C(=O)C(C)(C)S(C)(=O)=O)CCC1Cl. The summed E-state index contributed by atoms with van der Waals surface area (Å²) in [5, 5.41) is 0.0166. The molecular weight excluding hydrogens is 274 g/mol. The van der Waals surface area contributed by atoms with E-state index in [1.165, 1.54) is 13.8 Å². The Morgan fingerprint density at radius 3 is 2.28 bits per heavy atom. The number of rotatable bonds is 2. The number of amides is 1. The van der Waals surface area contributed by atoms with Crippen LogP contribution in [-0.2, 0) is 14.6 Å². The molecule has 1 heterocycles. The number of nitrogens with zero attached hydrogens (tertiary/aromatic N) is 1. The molecule has 0 bridgehead atoms. The lowest BCUT2D eigenvalue weighted by molar-refractivity contribution is -0.136. The molecular formula is C12H22ClNO3S. The van der Waals surface area contributed by atoms with Crippen LogP contribution in [0.5, 0.6) is 0 Å². The zero-order valence-electron chi connectivity index (χ0n) is 11.7. The van der Waals surface area contributed by atoms with E-state index in [1.54, 1.807) is 4.90 Å². The predicted molar refractivity (Wildman–Crippen MR) is 73.5 cm³/mol. The Labute approximate surface area is 115 Å². The van der Waals surface area contributed by atoms with Crippen LogP contribution in [-0.4, -0.2) is 48.7 Å². The third kappa shape index (κ3) is 2.82. The first-order valence-corrected chi connectivity index (χ1v) is 8.35. The van der Waals surface area contributed by atoms with Gasteiger partial charge in [-0.25, -0.2) is 8.42 Å². The summed E-state index contributed by atoms with van der Waals surface area (Å²) in [5.41, 5.74) is -0.191. The second kappa shape index (κ2) is 4.67. The maximum atomic E-state index is 12.4. The minimum absolute atomic E-state index is 0.0166. The molecule has 4 nitrogen and oxygen atoms in total. The highest BCUT2D eigenvalue weighted by Gasteiger charge is 2.45. The summed E-state index contributed by atoms with van der Waals surface area (Å²) in [7, 11) is -3.43. The van der Waals surface area contributed by atoms with Crippen LogP contribution in [0.4, 0.5) is 0 Å². The highest BCUT2D eigenvalue weighted by Crippen LogP contribution is 2.34. The molecule has 0 aliphatic carbocycles. The average Bonchev–Trinajstić information content (AvgIpc) is 2.19. The van der Waals surface area contributed by atoms with Crippen molar-refractivity contribution in [2.24, 2.45) is 5.41 Å². The quantitative estimate of drug-likeness (QED) is 0.728. The fourth-order valence-electron chi connectivity index (χ4n) is 2.04. The summed E-state index contributed by atoms with van der Waals surface area (Å²) in [5.74, 6) is -0.332. The minimum atomic E-state index is -3.43. The summed E-state index contributed by atoms with van der Waals surface area (Å²) in [6, 6.07) is 0. The fraction of sp³-hybridized carbons (Fsp3) is 0.917. The molecule has 1 fully saturated rings. The third-order valence-corrected chi connectivity index (χ3v) is 6.67. The van der Waals surface area contributed by atoms with Crippen molar-refractivity contribution in [1.29, 1.82) is 0 Å². The normalized spacial score (nSPS) is 25.0. The van der Waals surface area contributed by atoms with Crippen LogP contribution in [0, 0.1) is 5.41 Å². The second-order valence-electron chi connectivity index (χ2n) is 6.25. The average molecular weight is 296 g/mol. The molecule has 1 atom stereocenters. The molecule has 0 N–H and O–H groups in total. The van der Waals surface area contributed by atoms with Crippen molar-refractivity contribution in [1.82, 2.24) is 4.90 Å². The molecule has 0 aromatic carbocycles. The molecule has 0 radical (unpaired) electrons. The van der Waals surface area contributed by atoms with E-state index >= 15 is 0 Å². The van der Waals surface area contributed by atoms with E-state index in [1.807, 2.05) is 13.8 Å². The Kier molecular flexibility index (Phi) is 4.09.